The van der Waals surface area contributed by atoms with Crippen LogP contribution in [0.1, 0.15) is 11.1 Å². The van der Waals surface area contributed by atoms with Crippen LogP contribution in [0, 0.1) is 6.92 Å². The van der Waals surface area contributed by atoms with Crippen LogP contribution in [-0.2, 0) is 27.0 Å². The molecule has 0 fully saturated rings. The van der Waals surface area contributed by atoms with E-state index in [2.05, 4.69) is 21.2 Å². The molecule has 10 heteroatoms. The second-order valence-corrected chi connectivity index (χ2v) is 6.43. The van der Waals surface area contributed by atoms with Crippen LogP contribution in [0.5, 0.6) is 0 Å². The van der Waals surface area contributed by atoms with Gasteiger partial charge in [0.15, 0.2) is 6.61 Å². The third kappa shape index (κ3) is 5.95. The Balaban J connectivity index is 1.94. The lowest BCUT2D eigenvalue weighted by atomic mass is 10.2. The number of alkyl halides is 3. The molecule has 0 spiro atoms. The van der Waals surface area contributed by atoms with Gasteiger partial charge in [0.2, 0.25) is 0 Å². The highest BCUT2D eigenvalue weighted by Crippen LogP contribution is 2.28. The van der Waals surface area contributed by atoms with Crippen LogP contribution in [0.3, 0.4) is 0 Å². The van der Waals surface area contributed by atoms with Gasteiger partial charge in [0.05, 0.1) is 11.3 Å². The molecule has 1 aromatic heterocycles. The second kappa shape index (κ2) is 8.38. The maximum absolute atomic E-state index is 12.7. The Hall–Kier alpha value is -2.62. The zero-order valence-corrected chi connectivity index (χ0v) is 15.6. The van der Waals surface area contributed by atoms with Gasteiger partial charge in [-0.1, -0.05) is 6.07 Å². The lowest BCUT2D eigenvalue weighted by Crippen LogP contribution is -2.28. The fraction of sp³-hybridized carbons (Fsp3) is 0.235. The molecule has 144 valence electrons. The topological polar surface area (TPSA) is 77.4 Å². The molecule has 0 saturated carbocycles. The maximum Gasteiger partial charge on any atom is 0.417 e. The minimum Gasteiger partial charge on any atom is -0.454 e. The average Bonchev–Trinajstić information content (AvgIpc) is 2.56. The number of halogens is 4. The molecule has 27 heavy (non-hydrogen) atoms. The van der Waals surface area contributed by atoms with E-state index in [0.717, 1.165) is 5.56 Å². The standard InChI is InChI=1S/C17H14BrF3N2O4/c1-10-2-4-13(12(18)6-10)22-14(24)9-27-16(26)8-23-7-11(17(19,20)21)3-5-15(23)25/h2-7H,8-9H2,1H3,(H,22,24). The van der Waals surface area contributed by atoms with Crippen LogP contribution in [0.2, 0.25) is 0 Å². The van der Waals surface area contributed by atoms with E-state index in [-0.39, 0.29) is 0 Å². The summed E-state index contributed by atoms with van der Waals surface area (Å²) in [4.78, 5) is 35.2. The van der Waals surface area contributed by atoms with Crippen LogP contribution in [0.4, 0.5) is 18.9 Å². The Labute approximate surface area is 160 Å². The van der Waals surface area contributed by atoms with E-state index in [9.17, 15) is 27.6 Å². The summed E-state index contributed by atoms with van der Waals surface area (Å²) in [6.07, 6.45) is -4.13. The molecule has 0 aliphatic carbocycles. The highest BCUT2D eigenvalue weighted by Gasteiger charge is 2.31. The largest absolute Gasteiger partial charge is 0.454 e. The van der Waals surface area contributed by atoms with Crippen molar-refractivity contribution in [3.63, 3.8) is 0 Å². The zero-order chi connectivity index (χ0) is 20.2. The molecule has 0 aliphatic heterocycles. The summed E-state index contributed by atoms with van der Waals surface area (Å²) in [5, 5.41) is 2.52. The molecule has 1 aromatic carbocycles. The van der Waals surface area contributed by atoms with Crippen molar-refractivity contribution in [2.24, 2.45) is 0 Å². The first-order valence-corrected chi connectivity index (χ1v) is 8.35. The minimum absolute atomic E-state index is 0.468. The van der Waals surface area contributed by atoms with Crippen molar-refractivity contribution in [1.29, 1.82) is 0 Å². The number of nitrogens with zero attached hydrogens (tertiary/aromatic N) is 1. The summed E-state index contributed by atoms with van der Waals surface area (Å²) in [5.74, 6) is -1.65. The minimum atomic E-state index is -4.65. The van der Waals surface area contributed by atoms with Crippen molar-refractivity contribution in [3.05, 3.63) is 62.5 Å². The van der Waals surface area contributed by atoms with E-state index in [1.165, 1.54) is 0 Å². The first-order valence-electron chi connectivity index (χ1n) is 7.55. The van der Waals surface area contributed by atoms with Gasteiger partial charge in [0.25, 0.3) is 11.5 Å². The summed E-state index contributed by atoms with van der Waals surface area (Å²) in [5.41, 5.74) is -0.432. The molecular weight excluding hydrogens is 433 g/mol. The zero-order valence-electron chi connectivity index (χ0n) is 14.0. The van der Waals surface area contributed by atoms with Crippen LogP contribution in [-0.4, -0.2) is 23.1 Å². The highest BCUT2D eigenvalue weighted by atomic mass is 79.9. The van der Waals surface area contributed by atoms with Gasteiger partial charge >= 0.3 is 12.1 Å². The average molecular weight is 447 g/mol. The number of nitrogens with one attached hydrogen (secondary N) is 1. The van der Waals surface area contributed by atoms with Crippen molar-refractivity contribution in [3.8, 4) is 0 Å². The number of pyridine rings is 1. The molecule has 1 N–H and O–H groups in total. The summed E-state index contributed by atoms with van der Waals surface area (Å²) in [6, 6.07) is 6.53. The van der Waals surface area contributed by atoms with E-state index in [0.29, 0.717) is 33.1 Å². The maximum atomic E-state index is 12.7. The number of amides is 1. The number of rotatable bonds is 5. The molecule has 0 radical (unpaired) electrons. The lowest BCUT2D eigenvalue weighted by Gasteiger charge is -2.11. The van der Waals surface area contributed by atoms with Crippen molar-refractivity contribution in [2.45, 2.75) is 19.6 Å². The Morgan fingerprint density at radius 2 is 1.93 bits per heavy atom. The monoisotopic (exact) mass is 446 g/mol. The van der Waals surface area contributed by atoms with Crippen LogP contribution < -0.4 is 10.9 Å². The number of hydrogen-bond acceptors (Lipinski definition) is 4. The Bertz CT molecular complexity index is 925. The second-order valence-electron chi connectivity index (χ2n) is 5.57. The summed E-state index contributed by atoms with van der Waals surface area (Å²) >= 11 is 3.28. The van der Waals surface area contributed by atoms with Gasteiger partial charge in [0, 0.05) is 16.7 Å². The van der Waals surface area contributed by atoms with Gasteiger partial charge in [-0.2, -0.15) is 13.2 Å². The lowest BCUT2D eigenvalue weighted by molar-refractivity contribution is -0.148. The summed E-state index contributed by atoms with van der Waals surface area (Å²) < 4.78 is 43.9. The van der Waals surface area contributed by atoms with Crippen molar-refractivity contribution < 1.29 is 27.5 Å². The Morgan fingerprint density at radius 1 is 1.22 bits per heavy atom. The number of hydrogen-bond donors (Lipinski definition) is 1. The highest BCUT2D eigenvalue weighted by molar-refractivity contribution is 9.10. The number of carbonyl (C=O) groups excluding carboxylic acids is 2. The van der Waals surface area contributed by atoms with Gasteiger partial charge in [-0.3, -0.25) is 14.4 Å². The van der Waals surface area contributed by atoms with E-state index in [1.54, 1.807) is 18.2 Å². The molecule has 0 unspecified atom stereocenters. The molecular formula is C17H14BrF3N2O4. The van der Waals surface area contributed by atoms with E-state index in [4.69, 9.17) is 4.74 Å². The van der Waals surface area contributed by atoms with Crippen LogP contribution in [0.25, 0.3) is 0 Å². The summed E-state index contributed by atoms with van der Waals surface area (Å²) in [6.45, 7) is 0.477. The van der Waals surface area contributed by atoms with E-state index in [1.807, 2.05) is 6.92 Å². The van der Waals surface area contributed by atoms with E-state index < -0.39 is 42.3 Å². The van der Waals surface area contributed by atoms with Gasteiger partial charge < -0.3 is 14.6 Å². The number of benzene rings is 1. The number of esters is 1. The van der Waals surface area contributed by atoms with Crippen LogP contribution >= 0.6 is 15.9 Å². The molecule has 0 bridgehead atoms. The molecule has 2 aromatic rings. The van der Waals surface area contributed by atoms with Gasteiger partial charge in [0.1, 0.15) is 6.54 Å². The number of aryl methyl sites for hydroxylation is 1. The first-order chi connectivity index (χ1) is 12.6. The van der Waals surface area contributed by atoms with Gasteiger partial charge in [-0.05, 0) is 46.6 Å². The SMILES string of the molecule is Cc1ccc(NC(=O)COC(=O)Cn2cc(C(F)(F)F)ccc2=O)c(Br)c1. The third-order valence-corrected chi connectivity index (χ3v) is 4.03. The predicted octanol–water partition coefficient (Wildman–Crippen LogP) is 3.12. The first kappa shape index (κ1) is 20.7. The molecule has 1 heterocycles. The fourth-order valence-electron chi connectivity index (χ4n) is 2.06. The molecule has 2 rings (SSSR count). The normalized spacial score (nSPS) is 11.1. The van der Waals surface area contributed by atoms with Crippen molar-refractivity contribution in [2.75, 3.05) is 11.9 Å². The van der Waals surface area contributed by atoms with Crippen molar-refractivity contribution in [1.82, 2.24) is 4.57 Å². The number of aromatic nitrogens is 1. The van der Waals surface area contributed by atoms with Gasteiger partial charge in [-0.15, -0.1) is 0 Å². The smallest absolute Gasteiger partial charge is 0.417 e. The van der Waals surface area contributed by atoms with Gasteiger partial charge in [-0.25, -0.2) is 0 Å². The van der Waals surface area contributed by atoms with E-state index >= 15 is 0 Å². The molecule has 6 nitrogen and oxygen atoms in total. The Morgan fingerprint density at radius 3 is 2.56 bits per heavy atom. The quantitative estimate of drug-likeness (QED) is 0.715. The Kier molecular flexibility index (Phi) is 6.42. The molecule has 1 amide bonds. The predicted molar refractivity (Wildman–Crippen MR) is 94.2 cm³/mol. The third-order valence-electron chi connectivity index (χ3n) is 3.37. The fourth-order valence-corrected chi connectivity index (χ4v) is 2.65. The molecule has 0 aliphatic rings. The molecule has 0 atom stereocenters. The number of anilines is 1. The number of carbonyl (C=O) groups is 2. The molecule has 0 saturated heterocycles. The summed E-state index contributed by atoms with van der Waals surface area (Å²) in [7, 11) is 0. The van der Waals surface area contributed by atoms with Crippen LogP contribution in [0.15, 0.2) is 45.8 Å². The number of ether oxygens (including phenoxy) is 1. The van der Waals surface area contributed by atoms with Crippen molar-refractivity contribution >= 4 is 33.5 Å².